The third kappa shape index (κ3) is 5.87. The number of fused-ring (bicyclic) bond motifs is 1. The standard InChI is InChI=1S/C32H34N2O5/c1-5-34-25-18-12-10-16-23(25)28(30(34)22-14-8-7-9-15-22)26(35)20-39-32(37)29(21(3)4)33-31(36)24-17-11-13-19-27(24)38-6-2/h7-19,21,29H,5-6,20H2,1-4H3,(H,33,36)/t29-/m0/s1. The fourth-order valence-corrected chi connectivity index (χ4v) is 4.76. The maximum atomic E-state index is 13.6. The number of aromatic nitrogens is 1. The topological polar surface area (TPSA) is 86.6 Å². The van der Waals surface area contributed by atoms with E-state index in [-0.39, 0.29) is 11.7 Å². The number of para-hydroxylation sites is 2. The van der Waals surface area contributed by atoms with E-state index in [1.807, 2.05) is 82.3 Å². The Bertz CT molecular complexity index is 1470. The van der Waals surface area contributed by atoms with Gasteiger partial charge in [0.05, 0.1) is 23.4 Å². The van der Waals surface area contributed by atoms with Crippen LogP contribution in [0, 0.1) is 5.92 Å². The molecule has 0 spiro atoms. The van der Waals surface area contributed by atoms with E-state index in [1.54, 1.807) is 24.3 Å². The molecule has 7 heteroatoms. The van der Waals surface area contributed by atoms with Gasteiger partial charge < -0.3 is 19.4 Å². The van der Waals surface area contributed by atoms with Gasteiger partial charge >= 0.3 is 5.97 Å². The van der Waals surface area contributed by atoms with Crippen LogP contribution in [-0.2, 0) is 16.1 Å². The van der Waals surface area contributed by atoms with Crippen LogP contribution in [0.4, 0.5) is 0 Å². The van der Waals surface area contributed by atoms with Crippen molar-refractivity contribution in [3.05, 3.63) is 90.0 Å². The van der Waals surface area contributed by atoms with Crippen molar-refractivity contribution in [1.29, 1.82) is 0 Å². The second-order valence-electron chi connectivity index (χ2n) is 9.51. The van der Waals surface area contributed by atoms with E-state index in [0.29, 0.717) is 30.0 Å². The highest BCUT2D eigenvalue weighted by atomic mass is 16.5. The Morgan fingerprint density at radius 3 is 2.23 bits per heavy atom. The lowest BCUT2D eigenvalue weighted by molar-refractivity contribution is -0.145. The van der Waals surface area contributed by atoms with Crippen LogP contribution in [-0.4, -0.2) is 41.5 Å². The SMILES string of the molecule is CCOc1ccccc1C(=O)N[C@H](C(=O)OCC(=O)c1c(-c2ccccc2)n(CC)c2ccccc12)C(C)C. The molecule has 7 nitrogen and oxygen atoms in total. The first kappa shape index (κ1) is 27.6. The molecule has 1 heterocycles. The number of nitrogens with one attached hydrogen (secondary N) is 1. The number of carbonyl (C=O) groups is 3. The maximum absolute atomic E-state index is 13.6. The van der Waals surface area contributed by atoms with Gasteiger partial charge in [0, 0.05) is 17.4 Å². The number of Topliss-reactive ketones (excluding diaryl/α,β-unsaturated/α-hetero) is 1. The smallest absolute Gasteiger partial charge is 0.329 e. The largest absolute Gasteiger partial charge is 0.493 e. The molecule has 1 N–H and O–H groups in total. The highest BCUT2D eigenvalue weighted by Crippen LogP contribution is 2.34. The predicted octanol–water partition coefficient (Wildman–Crippen LogP) is 5.91. The summed E-state index contributed by atoms with van der Waals surface area (Å²) in [5.41, 5.74) is 3.48. The van der Waals surface area contributed by atoms with Gasteiger partial charge in [0.1, 0.15) is 11.8 Å². The van der Waals surface area contributed by atoms with Crippen molar-refractivity contribution in [2.45, 2.75) is 40.3 Å². The van der Waals surface area contributed by atoms with Gasteiger partial charge in [0.2, 0.25) is 5.78 Å². The molecule has 1 atom stereocenters. The van der Waals surface area contributed by atoms with Crippen molar-refractivity contribution >= 4 is 28.6 Å². The Hall–Kier alpha value is -4.39. The van der Waals surface area contributed by atoms with Crippen LogP contribution in [0.15, 0.2) is 78.9 Å². The summed E-state index contributed by atoms with van der Waals surface area (Å²) in [7, 11) is 0. The Kier molecular flexibility index (Phi) is 8.81. The minimum atomic E-state index is -0.939. The Morgan fingerprint density at radius 2 is 1.54 bits per heavy atom. The van der Waals surface area contributed by atoms with Gasteiger partial charge in [-0.25, -0.2) is 4.79 Å². The zero-order chi connectivity index (χ0) is 27.9. The molecule has 4 rings (SSSR count). The Balaban J connectivity index is 1.57. The summed E-state index contributed by atoms with van der Waals surface area (Å²) in [4.78, 5) is 39.8. The quantitative estimate of drug-likeness (QED) is 0.194. The number of ketones is 1. The van der Waals surface area contributed by atoms with Gasteiger partial charge in [-0.05, 0) is 43.5 Å². The predicted molar refractivity (Wildman–Crippen MR) is 152 cm³/mol. The van der Waals surface area contributed by atoms with Crippen LogP contribution < -0.4 is 10.1 Å². The molecule has 3 aromatic carbocycles. The van der Waals surface area contributed by atoms with Crippen molar-refractivity contribution in [3.63, 3.8) is 0 Å². The number of nitrogens with zero attached hydrogens (tertiary/aromatic N) is 1. The Labute approximate surface area is 228 Å². The Morgan fingerprint density at radius 1 is 0.872 bits per heavy atom. The van der Waals surface area contributed by atoms with Gasteiger partial charge in [0.25, 0.3) is 5.91 Å². The van der Waals surface area contributed by atoms with E-state index in [9.17, 15) is 14.4 Å². The molecule has 0 aliphatic heterocycles. The molecule has 1 aromatic heterocycles. The van der Waals surface area contributed by atoms with Gasteiger partial charge in [0.15, 0.2) is 6.61 Å². The van der Waals surface area contributed by atoms with Gasteiger partial charge in [-0.3, -0.25) is 9.59 Å². The van der Waals surface area contributed by atoms with Crippen molar-refractivity contribution in [3.8, 4) is 17.0 Å². The van der Waals surface area contributed by atoms with Crippen LogP contribution >= 0.6 is 0 Å². The second-order valence-corrected chi connectivity index (χ2v) is 9.51. The molecule has 0 fully saturated rings. The van der Waals surface area contributed by atoms with Crippen molar-refractivity contribution in [1.82, 2.24) is 9.88 Å². The van der Waals surface area contributed by atoms with Crippen LogP contribution in [0.5, 0.6) is 5.75 Å². The number of hydrogen-bond acceptors (Lipinski definition) is 5. The molecule has 0 saturated heterocycles. The molecule has 0 bridgehead atoms. The second kappa shape index (κ2) is 12.4. The number of ether oxygens (including phenoxy) is 2. The normalized spacial score (nSPS) is 11.8. The molecule has 0 unspecified atom stereocenters. The van der Waals surface area contributed by atoms with Crippen LogP contribution in [0.1, 0.15) is 48.4 Å². The highest BCUT2D eigenvalue weighted by molar-refractivity contribution is 6.14. The third-order valence-electron chi connectivity index (χ3n) is 6.60. The molecular formula is C32H34N2O5. The monoisotopic (exact) mass is 526 g/mol. The van der Waals surface area contributed by atoms with Crippen LogP contribution in [0.3, 0.4) is 0 Å². The van der Waals surface area contributed by atoms with E-state index in [0.717, 1.165) is 22.2 Å². The lowest BCUT2D eigenvalue weighted by Gasteiger charge is -2.21. The highest BCUT2D eigenvalue weighted by Gasteiger charge is 2.29. The number of rotatable bonds is 11. The average molecular weight is 527 g/mol. The fraction of sp³-hybridized carbons (Fsp3) is 0.281. The van der Waals surface area contributed by atoms with E-state index >= 15 is 0 Å². The number of aryl methyl sites for hydroxylation is 1. The lowest BCUT2D eigenvalue weighted by atomic mass is 10.0. The van der Waals surface area contributed by atoms with Gasteiger partial charge in [-0.2, -0.15) is 0 Å². The number of carbonyl (C=O) groups excluding carboxylic acids is 3. The molecular weight excluding hydrogens is 492 g/mol. The summed E-state index contributed by atoms with van der Waals surface area (Å²) >= 11 is 0. The minimum absolute atomic E-state index is 0.266. The molecule has 4 aromatic rings. The van der Waals surface area contributed by atoms with E-state index in [2.05, 4.69) is 9.88 Å². The summed E-state index contributed by atoms with van der Waals surface area (Å²) < 4.78 is 13.2. The van der Waals surface area contributed by atoms with E-state index in [1.165, 1.54) is 0 Å². The van der Waals surface area contributed by atoms with Gasteiger partial charge in [-0.15, -0.1) is 0 Å². The summed E-state index contributed by atoms with van der Waals surface area (Å²) in [5.74, 6) is -1.25. The van der Waals surface area contributed by atoms with Crippen LogP contribution in [0.25, 0.3) is 22.2 Å². The van der Waals surface area contributed by atoms with Crippen molar-refractivity contribution < 1.29 is 23.9 Å². The first-order chi connectivity index (χ1) is 18.9. The zero-order valence-electron chi connectivity index (χ0n) is 22.8. The molecule has 39 heavy (non-hydrogen) atoms. The van der Waals surface area contributed by atoms with E-state index < -0.39 is 24.5 Å². The summed E-state index contributed by atoms with van der Waals surface area (Å²) in [5, 5.41) is 3.57. The van der Waals surface area contributed by atoms with Crippen molar-refractivity contribution in [2.24, 2.45) is 5.92 Å². The molecule has 202 valence electrons. The third-order valence-corrected chi connectivity index (χ3v) is 6.60. The first-order valence-electron chi connectivity index (χ1n) is 13.3. The number of hydrogen-bond donors (Lipinski definition) is 1. The molecule has 0 aliphatic carbocycles. The summed E-state index contributed by atoms with van der Waals surface area (Å²) in [6, 6.07) is 23.4. The number of benzene rings is 3. The molecule has 0 saturated carbocycles. The fourth-order valence-electron chi connectivity index (χ4n) is 4.76. The summed E-state index contributed by atoms with van der Waals surface area (Å²) in [6.07, 6.45) is 0. The average Bonchev–Trinajstić information content (AvgIpc) is 3.29. The van der Waals surface area contributed by atoms with Crippen LogP contribution in [0.2, 0.25) is 0 Å². The van der Waals surface area contributed by atoms with Crippen molar-refractivity contribution in [2.75, 3.05) is 13.2 Å². The number of esters is 1. The van der Waals surface area contributed by atoms with Gasteiger partial charge in [-0.1, -0.05) is 74.5 Å². The molecule has 1 amide bonds. The lowest BCUT2D eigenvalue weighted by Crippen LogP contribution is -2.45. The number of amides is 1. The van der Waals surface area contributed by atoms with E-state index in [4.69, 9.17) is 9.47 Å². The summed E-state index contributed by atoms with van der Waals surface area (Å²) in [6.45, 7) is 8.12. The molecule has 0 aliphatic rings. The minimum Gasteiger partial charge on any atom is -0.493 e. The zero-order valence-corrected chi connectivity index (χ0v) is 22.8. The molecule has 0 radical (unpaired) electrons. The maximum Gasteiger partial charge on any atom is 0.329 e. The first-order valence-corrected chi connectivity index (χ1v) is 13.3.